The Hall–Kier alpha value is -1.54. The summed E-state index contributed by atoms with van der Waals surface area (Å²) in [4.78, 5) is 0. The van der Waals surface area contributed by atoms with Crippen molar-refractivity contribution in [2.45, 2.75) is 53.5 Å². The maximum atomic E-state index is 6.45. The van der Waals surface area contributed by atoms with E-state index in [0.29, 0.717) is 0 Å². The number of hydrogen-bond acceptors (Lipinski definition) is 1. The molecule has 0 aliphatic heterocycles. The van der Waals surface area contributed by atoms with E-state index in [9.17, 15) is 0 Å². The summed E-state index contributed by atoms with van der Waals surface area (Å²) in [6.07, 6.45) is 2.16. The van der Waals surface area contributed by atoms with E-state index in [-0.39, 0.29) is 11.5 Å². The molecule has 0 spiro atoms. The molecule has 1 unspecified atom stereocenters. The zero-order valence-electron chi connectivity index (χ0n) is 13.8. The molecule has 0 saturated carbocycles. The van der Waals surface area contributed by atoms with Crippen LogP contribution >= 0.6 is 0 Å². The monoisotopic (exact) mass is 282 g/mol. The number of nitrogens with zero attached hydrogens (tertiary/aromatic N) is 1. The highest BCUT2D eigenvalue weighted by atomic mass is 15.0. The average molecular weight is 282 g/mol. The Morgan fingerprint density at radius 3 is 2.38 bits per heavy atom. The maximum Gasteiger partial charge on any atom is 0.0513 e. The summed E-state index contributed by atoms with van der Waals surface area (Å²) in [6, 6.07) is 8.98. The second-order valence-corrected chi connectivity index (χ2v) is 7.42. The standard InChI is InChI=1S/C19H26N2/c1-12-7-6-8-13(2)18(12)21-14(3)9-15-16(20)10-19(4,5)11-17(15)21/h6-9,16H,10-11,20H2,1-5H3. The van der Waals surface area contributed by atoms with Crippen LogP contribution in [-0.2, 0) is 6.42 Å². The fraction of sp³-hybridized carbons (Fsp3) is 0.474. The van der Waals surface area contributed by atoms with Gasteiger partial charge in [0, 0.05) is 17.4 Å². The molecule has 2 heteroatoms. The van der Waals surface area contributed by atoms with E-state index in [1.54, 1.807) is 0 Å². The van der Waals surface area contributed by atoms with Crippen LogP contribution in [0.25, 0.3) is 5.69 Å². The molecular formula is C19H26N2. The van der Waals surface area contributed by atoms with Crippen molar-refractivity contribution < 1.29 is 0 Å². The van der Waals surface area contributed by atoms with Crippen molar-refractivity contribution in [3.8, 4) is 5.69 Å². The van der Waals surface area contributed by atoms with Crippen molar-refractivity contribution >= 4 is 0 Å². The van der Waals surface area contributed by atoms with Crippen LogP contribution in [0.15, 0.2) is 24.3 Å². The molecule has 2 nitrogen and oxygen atoms in total. The molecule has 2 aromatic rings. The third-order valence-corrected chi connectivity index (χ3v) is 4.80. The highest BCUT2D eigenvalue weighted by Gasteiger charge is 2.33. The molecule has 1 aliphatic rings. The Labute approximate surface area is 128 Å². The molecule has 0 amide bonds. The minimum Gasteiger partial charge on any atom is -0.324 e. The van der Waals surface area contributed by atoms with Gasteiger partial charge in [0.2, 0.25) is 0 Å². The van der Waals surface area contributed by atoms with Crippen molar-refractivity contribution in [1.82, 2.24) is 4.57 Å². The van der Waals surface area contributed by atoms with Gasteiger partial charge in [-0.2, -0.15) is 0 Å². The van der Waals surface area contributed by atoms with Crippen LogP contribution in [0.4, 0.5) is 0 Å². The Kier molecular flexibility index (Phi) is 3.25. The topological polar surface area (TPSA) is 30.9 Å². The van der Waals surface area contributed by atoms with Gasteiger partial charge in [-0.05, 0) is 61.8 Å². The van der Waals surface area contributed by atoms with Crippen molar-refractivity contribution in [1.29, 1.82) is 0 Å². The highest BCUT2D eigenvalue weighted by molar-refractivity contribution is 5.52. The van der Waals surface area contributed by atoms with Crippen LogP contribution in [0, 0.1) is 26.2 Å². The number of rotatable bonds is 1. The molecule has 3 rings (SSSR count). The van der Waals surface area contributed by atoms with E-state index in [2.05, 4.69) is 63.5 Å². The van der Waals surface area contributed by atoms with E-state index in [4.69, 9.17) is 5.73 Å². The summed E-state index contributed by atoms with van der Waals surface area (Å²) in [7, 11) is 0. The first-order chi connectivity index (χ1) is 9.80. The summed E-state index contributed by atoms with van der Waals surface area (Å²) in [5, 5.41) is 0. The van der Waals surface area contributed by atoms with E-state index in [0.717, 1.165) is 12.8 Å². The van der Waals surface area contributed by atoms with Gasteiger partial charge in [0.25, 0.3) is 0 Å². The Morgan fingerprint density at radius 2 is 1.76 bits per heavy atom. The lowest BCUT2D eigenvalue weighted by molar-refractivity contribution is 0.278. The number of benzene rings is 1. The number of aromatic nitrogens is 1. The number of aryl methyl sites for hydroxylation is 3. The van der Waals surface area contributed by atoms with Crippen LogP contribution in [0.2, 0.25) is 0 Å². The van der Waals surface area contributed by atoms with Gasteiger partial charge in [0.1, 0.15) is 0 Å². The van der Waals surface area contributed by atoms with Gasteiger partial charge in [0.15, 0.2) is 0 Å². The molecule has 1 heterocycles. The molecular weight excluding hydrogens is 256 g/mol. The van der Waals surface area contributed by atoms with E-state index in [1.165, 1.54) is 33.8 Å². The average Bonchev–Trinajstić information content (AvgIpc) is 2.66. The van der Waals surface area contributed by atoms with Gasteiger partial charge in [-0.1, -0.05) is 32.0 Å². The number of fused-ring (bicyclic) bond motifs is 1. The van der Waals surface area contributed by atoms with Crippen molar-refractivity contribution in [2.75, 3.05) is 0 Å². The molecule has 0 radical (unpaired) electrons. The number of nitrogens with two attached hydrogens (primary N) is 1. The molecule has 1 atom stereocenters. The quantitative estimate of drug-likeness (QED) is 0.827. The summed E-state index contributed by atoms with van der Waals surface area (Å²) >= 11 is 0. The molecule has 21 heavy (non-hydrogen) atoms. The second-order valence-electron chi connectivity index (χ2n) is 7.42. The zero-order valence-corrected chi connectivity index (χ0v) is 13.8. The Balaban J connectivity index is 2.26. The van der Waals surface area contributed by atoms with Gasteiger partial charge >= 0.3 is 0 Å². The predicted octanol–water partition coefficient (Wildman–Crippen LogP) is 4.37. The first-order valence-corrected chi connectivity index (χ1v) is 7.83. The van der Waals surface area contributed by atoms with Gasteiger partial charge < -0.3 is 10.3 Å². The van der Waals surface area contributed by atoms with E-state index >= 15 is 0 Å². The first kappa shape index (κ1) is 14.4. The fourth-order valence-corrected chi connectivity index (χ4v) is 3.92. The lowest BCUT2D eigenvalue weighted by Gasteiger charge is -2.35. The van der Waals surface area contributed by atoms with Gasteiger partial charge in [-0.25, -0.2) is 0 Å². The lowest BCUT2D eigenvalue weighted by atomic mass is 9.74. The Morgan fingerprint density at radius 1 is 1.14 bits per heavy atom. The van der Waals surface area contributed by atoms with Crippen molar-refractivity contribution in [3.05, 3.63) is 52.3 Å². The summed E-state index contributed by atoms with van der Waals surface area (Å²) in [6.45, 7) is 11.2. The third-order valence-electron chi connectivity index (χ3n) is 4.80. The van der Waals surface area contributed by atoms with Gasteiger partial charge in [-0.3, -0.25) is 0 Å². The summed E-state index contributed by atoms with van der Waals surface area (Å²) < 4.78 is 2.45. The molecule has 0 bridgehead atoms. The minimum atomic E-state index is 0.160. The zero-order chi connectivity index (χ0) is 15.4. The summed E-state index contributed by atoms with van der Waals surface area (Å²) in [5.74, 6) is 0. The van der Waals surface area contributed by atoms with E-state index in [1.807, 2.05) is 0 Å². The largest absolute Gasteiger partial charge is 0.324 e. The lowest BCUT2D eigenvalue weighted by Crippen LogP contribution is -2.30. The normalized spacial score (nSPS) is 20.4. The Bertz CT molecular complexity index is 672. The second kappa shape index (κ2) is 4.74. The smallest absolute Gasteiger partial charge is 0.0513 e. The van der Waals surface area contributed by atoms with E-state index < -0.39 is 0 Å². The predicted molar refractivity (Wildman–Crippen MR) is 89.0 cm³/mol. The minimum absolute atomic E-state index is 0.160. The molecule has 2 N–H and O–H groups in total. The molecule has 0 fully saturated rings. The van der Waals surface area contributed by atoms with Crippen molar-refractivity contribution in [2.24, 2.45) is 11.1 Å². The first-order valence-electron chi connectivity index (χ1n) is 7.83. The maximum absolute atomic E-state index is 6.45. The molecule has 1 aromatic heterocycles. The molecule has 1 aliphatic carbocycles. The van der Waals surface area contributed by atoms with Gasteiger partial charge in [-0.15, -0.1) is 0 Å². The van der Waals surface area contributed by atoms with Crippen molar-refractivity contribution in [3.63, 3.8) is 0 Å². The SMILES string of the molecule is Cc1cccc(C)c1-n1c(C)cc2c1CC(C)(C)CC2N. The molecule has 0 saturated heterocycles. The van der Waals surface area contributed by atoms with Crippen LogP contribution in [0.1, 0.15) is 54.4 Å². The van der Waals surface area contributed by atoms with Gasteiger partial charge in [0.05, 0.1) is 5.69 Å². The number of hydrogen-bond donors (Lipinski definition) is 1. The molecule has 1 aromatic carbocycles. The van der Waals surface area contributed by atoms with Crippen LogP contribution in [-0.4, -0.2) is 4.57 Å². The fourth-order valence-electron chi connectivity index (χ4n) is 3.92. The van der Waals surface area contributed by atoms with Crippen LogP contribution in [0.5, 0.6) is 0 Å². The van der Waals surface area contributed by atoms with Crippen LogP contribution < -0.4 is 5.73 Å². The van der Waals surface area contributed by atoms with Crippen LogP contribution in [0.3, 0.4) is 0 Å². The highest BCUT2D eigenvalue weighted by Crippen LogP contribution is 2.42. The number of para-hydroxylation sites is 1. The third kappa shape index (κ3) is 2.32. The summed E-state index contributed by atoms with van der Waals surface area (Å²) in [5.41, 5.74) is 14.8. The molecule has 112 valence electrons.